The van der Waals surface area contributed by atoms with Gasteiger partial charge in [0, 0.05) is 44.3 Å². The second-order valence-corrected chi connectivity index (χ2v) is 4.03. The first-order chi connectivity index (χ1) is 7.16. The van der Waals surface area contributed by atoms with Crippen molar-refractivity contribution in [3.05, 3.63) is 34.9 Å². The third kappa shape index (κ3) is 2.18. The number of imidazole rings is 2. The maximum atomic E-state index is 5.18. The summed E-state index contributed by atoms with van der Waals surface area (Å²) in [6.45, 7) is 2.88. The van der Waals surface area contributed by atoms with Gasteiger partial charge in [-0.1, -0.05) is 0 Å². The van der Waals surface area contributed by atoms with Gasteiger partial charge in [-0.05, 0) is 19.1 Å². The zero-order chi connectivity index (χ0) is 10.8. The molecule has 0 amide bonds. The highest BCUT2D eigenvalue weighted by Crippen LogP contribution is 2.01. The number of hydrogen-bond donors (Lipinski definition) is 1. The Hall–Kier alpha value is -1.36. The van der Waals surface area contributed by atoms with Gasteiger partial charge in [0.1, 0.15) is 5.82 Å². The molecule has 0 radical (unpaired) electrons. The van der Waals surface area contributed by atoms with Crippen molar-refractivity contribution in [2.45, 2.75) is 19.9 Å². The third-order valence-electron chi connectivity index (χ3n) is 2.41. The Balaban J connectivity index is 2.08. The van der Waals surface area contributed by atoms with Crippen LogP contribution in [0.4, 0.5) is 0 Å². The van der Waals surface area contributed by atoms with Crippen LogP contribution in [0.5, 0.6) is 0 Å². The van der Waals surface area contributed by atoms with Gasteiger partial charge >= 0.3 is 0 Å². The first-order valence-corrected chi connectivity index (χ1v) is 5.30. The van der Waals surface area contributed by atoms with Gasteiger partial charge in [0.15, 0.2) is 4.77 Å². The SMILES string of the molecule is Cc1cn(CCc2nccn2C)c(=S)[nH]1. The first kappa shape index (κ1) is 10.2. The molecule has 2 aromatic heterocycles. The summed E-state index contributed by atoms with van der Waals surface area (Å²) in [5.41, 5.74) is 1.10. The minimum absolute atomic E-state index is 0.779. The molecule has 80 valence electrons. The predicted molar refractivity (Wildman–Crippen MR) is 61.3 cm³/mol. The molecule has 0 fully saturated rings. The number of aryl methyl sites for hydroxylation is 4. The molecule has 5 heteroatoms. The highest BCUT2D eigenvalue weighted by molar-refractivity contribution is 7.71. The van der Waals surface area contributed by atoms with Crippen molar-refractivity contribution in [3.63, 3.8) is 0 Å². The van der Waals surface area contributed by atoms with Crippen molar-refractivity contribution in [1.82, 2.24) is 19.1 Å². The maximum absolute atomic E-state index is 5.18. The Morgan fingerprint density at radius 3 is 2.87 bits per heavy atom. The van der Waals surface area contributed by atoms with Crippen molar-refractivity contribution in [2.75, 3.05) is 0 Å². The molecule has 15 heavy (non-hydrogen) atoms. The van der Waals surface area contributed by atoms with Crippen LogP contribution in [0, 0.1) is 11.7 Å². The lowest BCUT2D eigenvalue weighted by atomic mass is 10.4. The third-order valence-corrected chi connectivity index (χ3v) is 2.75. The Labute approximate surface area is 93.6 Å². The second-order valence-electron chi connectivity index (χ2n) is 3.64. The Bertz CT molecular complexity index is 505. The number of H-pyrrole nitrogens is 1. The van der Waals surface area contributed by atoms with E-state index in [0.29, 0.717) is 0 Å². The van der Waals surface area contributed by atoms with E-state index >= 15 is 0 Å². The van der Waals surface area contributed by atoms with Gasteiger partial charge in [0.25, 0.3) is 0 Å². The average molecular weight is 222 g/mol. The van der Waals surface area contributed by atoms with Crippen molar-refractivity contribution in [3.8, 4) is 0 Å². The number of aromatic amines is 1. The maximum Gasteiger partial charge on any atom is 0.177 e. The van der Waals surface area contributed by atoms with E-state index in [1.54, 1.807) is 0 Å². The zero-order valence-electron chi connectivity index (χ0n) is 8.90. The molecular weight excluding hydrogens is 208 g/mol. The van der Waals surface area contributed by atoms with E-state index < -0.39 is 0 Å². The van der Waals surface area contributed by atoms with E-state index in [-0.39, 0.29) is 0 Å². The van der Waals surface area contributed by atoms with Crippen LogP contribution in [0.25, 0.3) is 0 Å². The summed E-state index contributed by atoms with van der Waals surface area (Å²) in [6.07, 6.45) is 6.70. The number of hydrogen-bond acceptors (Lipinski definition) is 2. The van der Waals surface area contributed by atoms with Gasteiger partial charge in [0.05, 0.1) is 0 Å². The molecule has 0 saturated heterocycles. The predicted octanol–water partition coefficient (Wildman–Crippen LogP) is 1.83. The quantitative estimate of drug-likeness (QED) is 0.805. The molecule has 0 aliphatic rings. The first-order valence-electron chi connectivity index (χ1n) is 4.89. The number of rotatable bonds is 3. The summed E-state index contributed by atoms with van der Waals surface area (Å²) in [4.78, 5) is 7.38. The van der Waals surface area contributed by atoms with Gasteiger partial charge in [0.2, 0.25) is 0 Å². The van der Waals surface area contributed by atoms with Crippen LogP contribution < -0.4 is 0 Å². The standard InChI is InChI=1S/C10H14N4S/c1-8-7-14(10(15)12-8)5-3-9-11-4-6-13(9)2/h4,6-7H,3,5H2,1-2H3,(H,12,15). The molecular formula is C10H14N4S. The van der Waals surface area contributed by atoms with Gasteiger partial charge in [-0.25, -0.2) is 4.98 Å². The Kier molecular flexibility index (Phi) is 2.73. The molecule has 0 bridgehead atoms. The van der Waals surface area contributed by atoms with Crippen LogP contribution in [0.3, 0.4) is 0 Å². The van der Waals surface area contributed by atoms with Crippen molar-refractivity contribution in [2.24, 2.45) is 7.05 Å². The molecule has 2 heterocycles. The van der Waals surface area contributed by atoms with Gasteiger partial charge in [-0.2, -0.15) is 0 Å². The van der Waals surface area contributed by atoms with Gasteiger partial charge < -0.3 is 14.1 Å². The molecule has 0 atom stereocenters. The van der Waals surface area contributed by atoms with Crippen LogP contribution in [-0.2, 0) is 20.0 Å². The fraction of sp³-hybridized carbons (Fsp3) is 0.400. The second kappa shape index (κ2) is 4.02. The topological polar surface area (TPSA) is 38.5 Å². The summed E-state index contributed by atoms with van der Waals surface area (Å²) < 4.78 is 4.85. The zero-order valence-corrected chi connectivity index (χ0v) is 9.71. The van der Waals surface area contributed by atoms with Gasteiger partial charge in [-0.15, -0.1) is 0 Å². The number of nitrogens with zero attached hydrogens (tertiary/aromatic N) is 3. The van der Waals surface area contributed by atoms with Crippen molar-refractivity contribution in [1.29, 1.82) is 0 Å². The fourth-order valence-corrected chi connectivity index (χ4v) is 1.89. The monoisotopic (exact) mass is 222 g/mol. The minimum Gasteiger partial charge on any atom is -0.338 e. The summed E-state index contributed by atoms with van der Waals surface area (Å²) in [5.74, 6) is 1.08. The molecule has 0 spiro atoms. The van der Waals surface area contributed by atoms with Crippen molar-refractivity contribution < 1.29 is 0 Å². The Morgan fingerprint density at radius 2 is 2.33 bits per heavy atom. The Morgan fingerprint density at radius 1 is 1.53 bits per heavy atom. The van der Waals surface area contributed by atoms with E-state index in [1.807, 2.05) is 41.7 Å². The lowest BCUT2D eigenvalue weighted by Gasteiger charge is -2.02. The van der Waals surface area contributed by atoms with E-state index in [1.165, 1.54) is 0 Å². The van der Waals surface area contributed by atoms with Crippen LogP contribution in [0.1, 0.15) is 11.5 Å². The highest BCUT2D eigenvalue weighted by atomic mass is 32.1. The van der Waals surface area contributed by atoms with E-state index in [4.69, 9.17) is 12.2 Å². The smallest absolute Gasteiger partial charge is 0.177 e. The molecule has 0 aromatic carbocycles. The largest absolute Gasteiger partial charge is 0.338 e. The molecule has 2 aromatic rings. The lowest BCUT2D eigenvalue weighted by Crippen LogP contribution is -2.04. The molecule has 0 aliphatic heterocycles. The number of aromatic nitrogens is 4. The van der Waals surface area contributed by atoms with Crippen LogP contribution >= 0.6 is 12.2 Å². The average Bonchev–Trinajstić information content (AvgIpc) is 2.70. The van der Waals surface area contributed by atoms with Crippen LogP contribution in [0.15, 0.2) is 18.6 Å². The van der Waals surface area contributed by atoms with Crippen molar-refractivity contribution >= 4 is 12.2 Å². The summed E-state index contributed by atoms with van der Waals surface area (Å²) in [5, 5.41) is 0. The summed E-state index contributed by atoms with van der Waals surface area (Å²) in [7, 11) is 2.00. The highest BCUT2D eigenvalue weighted by Gasteiger charge is 2.01. The summed E-state index contributed by atoms with van der Waals surface area (Å²) >= 11 is 5.18. The van der Waals surface area contributed by atoms with E-state index in [0.717, 1.165) is 29.3 Å². The molecule has 4 nitrogen and oxygen atoms in total. The molecule has 0 aliphatic carbocycles. The van der Waals surface area contributed by atoms with E-state index in [2.05, 4.69) is 9.97 Å². The molecule has 2 rings (SSSR count). The van der Waals surface area contributed by atoms with Gasteiger partial charge in [-0.3, -0.25) is 0 Å². The molecule has 0 unspecified atom stereocenters. The normalized spacial score (nSPS) is 10.8. The van der Waals surface area contributed by atoms with E-state index in [9.17, 15) is 0 Å². The molecule has 1 N–H and O–H groups in total. The van der Waals surface area contributed by atoms with Crippen LogP contribution in [0.2, 0.25) is 0 Å². The number of nitrogens with one attached hydrogen (secondary N) is 1. The summed E-state index contributed by atoms with van der Waals surface area (Å²) in [6, 6.07) is 0. The lowest BCUT2D eigenvalue weighted by molar-refractivity contribution is 0.643. The fourth-order valence-electron chi connectivity index (χ4n) is 1.59. The minimum atomic E-state index is 0.779. The molecule has 0 saturated carbocycles. The van der Waals surface area contributed by atoms with Crippen LogP contribution in [-0.4, -0.2) is 19.1 Å².